The number of aryl methyl sites for hydroxylation is 2. The Balaban J connectivity index is 1.52. The van der Waals surface area contributed by atoms with Gasteiger partial charge in [-0.25, -0.2) is 0 Å². The average molecular weight is 259 g/mol. The molecule has 2 heterocycles. The third-order valence-electron chi connectivity index (χ3n) is 3.65. The number of hydrogen-bond acceptors (Lipinski definition) is 3. The van der Waals surface area contributed by atoms with Crippen LogP contribution >= 0.6 is 0 Å². The second-order valence-corrected chi connectivity index (χ2v) is 5.29. The maximum Gasteiger partial charge on any atom is 0.0656 e. The molecule has 1 fully saturated rings. The first kappa shape index (κ1) is 12.4. The number of aromatic amines is 1. The van der Waals surface area contributed by atoms with E-state index in [2.05, 4.69) is 46.7 Å². The van der Waals surface area contributed by atoms with Gasteiger partial charge in [-0.15, -0.1) is 0 Å². The van der Waals surface area contributed by atoms with Gasteiger partial charge in [0.25, 0.3) is 0 Å². The van der Waals surface area contributed by atoms with E-state index in [1.807, 2.05) is 4.68 Å². The van der Waals surface area contributed by atoms with Crippen molar-refractivity contribution in [1.82, 2.24) is 25.3 Å². The molecule has 5 heteroatoms. The topological polar surface area (TPSA) is 58.5 Å². The Labute approximate surface area is 113 Å². The van der Waals surface area contributed by atoms with E-state index in [4.69, 9.17) is 0 Å². The molecule has 2 aromatic rings. The van der Waals surface area contributed by atoms with Gasteiger partial charge >= 0.3 is 0 Å². The molecule has 1 saturated carbocycles. The Hall–Kier alpha value is -1.62. The van der Waals surface area contributed by atoms with Crippen molar-refractivity contribution in [2.24, 2.45) is 0 Å². The fourth-order valence-corrected chi connectivity index (χ4v) is 2.28. The molecule has 3 rings (SSSR count). The van der Waals surface area contributed by atoms with Crippen LogP contribution in [0.15, 0.2) is 12.3 Å². The van der Waals surface area contributed by atoms with Gasteiger partial charge in [-0.1, -0.05) is 0 Å². The number of nitrogens with zero attached hydrogens (tertiary/aromatic N) is 3. The van der Waals surface area contributed by atoms with Crippen LogP contribution in [0.3, 0.4) is 0 Å². The van der Waals surface area contributed by atoms with E-state index >= 15 is 0 Å². The molecule has 19 heavy (non-hydrogen) atoms. The largest absolute Gasteiger partial charge is 0.307 e. The Morgan fingerprint density at radius 2 is 2.26 bits per heavy atom. The minimum absolute atomic E-state index is 0.718. The number of nitrogens with one attached hydrogen (secondary N) is 2. The minimum atomic E-state index is 0.718. The third-order valence-corrected chi connectivity index (χ3v) is 3.65. The number of H-pyrrole nitrogens is 1. The maximum atomic E-state index is 4.45. The summed E-state index contributed by atoms with van der Waals surface area (Å²) in [7, 11) is 0. The van der Waals surface area contributed by atoms with Crippen molar-refractivity contribution in [1.29, 1.82) is 0 Å². The summed E-state index contributed by atoms with van der Waals surface area (Å²) in [6.45, 7) is 6.77. The molecule has 0 bridgehead atoms. The van der Waals surface area contributed by atoms with E-state index in [1.165, 1.54) is 29.8 Å². The van der Waals surface area contributed by atoms with E-state index in [1.54, 1.807) is 0 Å². The van der Waals surface area contributed by atoms with Gasteiger partial charge in [0.2, 0.25) is 0 Å². The van der Waals surface area contributed by atoms with E-state index in [0.717, 1.165) is 31.2 Å². The standard InChI is InChI=1S/C14H21N5/c1-3-19-9-12(10(2)18-19)7-15-8-13-6-14(17-16-13)11-4-5-11/h6,9,11,15H,3-5,7-8H2,1-2H3,(H,16,17). The van der Waals surface area contributed by atoms with E-state index < -0.39 is 0 Å². The van der Waals surface area contributed by atoms with Gasteiger partial charge in [0, 0.05) is 43.0 Å². The zero-order chi connectivity index (χ0) is 13.2. The number of aromatic nitrogens is 4. The van der Waals surface area contributed by atoms with E-state index in [9.17, 15) is 0 Å². The Kier molecular flexibility index (Phi) is 3.38. The Morgan fingerprint density at radius 3 is 2.95 bits per heavy atom. The highest BCUT2D eigenvalue weighted by Gasteiger charge is 2.25. The fraction of sp³-hybridized carbons (Fsp3) is 0.571. The maximum absolute atomic E-state index is 4.45. The molecular formula is C14H21N5. The molecule has 1 aliphatic rings. The Bertz CT molecular complexity index is 550. The van der Waals surface area contributed by atoms with Crippen molar-refractivity contribution in [3.05, 3.63) is 34.9 Å². The van der Waals surface area contributed by atoms with Crippen molar-refractivity contribution in [3.8, 4) is 0 Å². The second-order valence-electron chi connectivity index (χ2n) is 5.29. The quantitative estimate of drug-likeness (QED) is 0.835. The first-order valence-electron chi connectivity index (χ1n) is 7.04. The molecule has 5 nitrogen and oxygen atoms in total. The first-order chi connectivity index (χ1) is 9.26. The minimum Gasteiger partial charge on any atom is -0.307 e. The van der Waals surface area contributed by atoms with Crippen LogP contribution in [-0.4, -0.2) is 20.0 Å². The molecular weight excluding hydrogens is 238 g/mol. The SMILES string of the molecule is CCn1cc(CNCc2cc(C3CC3)n[nH]2)c(C)n1. The highest BCUT2D eigenvalue weighted by Crippen LogP contribution is 2.38. The van der Waals surface area contributed by atoms with Gasteiger partial charge in [-0.05, 0) is 32.8 Å². The van der Waals surface area contributed by atoms with Crippen molar-refractivity contribution < 1.29 is 0 Å². The molecule has 0 saturated heterocycles. The van der Waals surface area contributed by atoms with Crippen molar-refractivity contribution in [2.75, 3.05) is 0 Å². The van der Waals surface area contributed by atoms with E-state index in [-0.39, 0.29) is 0 Å². The number of rotatable bonds is 6. The summed E-state index contributed by atoms with van der Waals surface area (Å²) in [5.41, 5.74) is 4.77. The lowest BCUT2D eigenvalue weighted by atomic mass is 10.2. The zero-order valence-electron chi connectivity index (χ0n) is 11.6. The highest BCUT2D eigenvalue weighted by atomic mass is 15.3. The normalized spacial score (nSPS) is 15.1. The summed E-state index contributed by atoms with van der Waals surface area (Å²) in [6.07, 6.45) is 4.71. The van der Waals surface area contributed by atoms with Crippen LogP contribution in [0, 0.1) is 6.92 Å². The van der Waals surface area contributed by atoms with Gasteiger partial charge in [-0.3, -0.25) is 9.78 Å². The summed E-state index contributed by atoms with van der Waals surface area (Å²) in [4.78, 5) is 0. The van der Waals surface area contributed by atoms with Gasteiger partial charge in [0.15, 0.2) is 0 Å². The van der Waals surface area contributed by atoms with Gasteiger partial charge in [0.1, 0.15) is 0 Å². The summed E-state index contributed by atoms with van der Waals surface area (Å²) in [6, 6.07) is 2.19. The third kappa shape index (κ3) is 2.87. The van der Waals surface area contributed by atoms with Crippen LogP contribution in [0.2, 0.25) is 0 Å². The van der Waals surface area contributed by atoms with E-state index in [0.29, 0.717) is 0 Å². The molecule has 0 aromatic carbocycles. The van der Waals surface area contributed by atoms with Crippen LogP contribution in [0.5, 0.6) is 0 Å². The monoisotopic (exact) mass is 259 g/mol. The molecule has 0 aliphatic heterocycles. The summed E-state index contributed by atoms with van der Waals surface area (Å²) in [5, 5.41) is 15.4. The van der Waals surface area contributed by atoms with Gasteiger partial charge < -0.3 is 5.32 Å². The molecule has 0 radical (unpaired) electrons. The first-order valence-corrected chi connectivity index (χ1v) is 7.04. The summed E-state index contributed by atoms with van der Waals surface area (Å²) < 4.78 is 1.98. The summed E-state index contributed by atoms with van der Waals surface area (Å²) in [5.74, 6) is 0.718. The highest BCUT2D eigenvalue weighted by molar-refractivity contribution is 5.18. The molecule has 0 spiro atoms. The fourth-order valence-electron chi connectivity index (χ4n) is 2.28. The molecule has 0 unspecified atom stereocenters. The predicted molar refractivity (Wildman–Crippen MR) is 73.7 cm³/mol. The average Bonchev–Trinajstić information content (AvgIpc) is 3.05. The smallest absolute Gasteiger partial charge is 0.0656 e. The lowest BCUT2D eigenvalue weighted by Gasteiger charge is -2.01. The molecule has 2 N–H and O–H groups in total. The molecule has 2 aromatic heterocycles. The number of hydrogen-bond donors (Lipinski definition) is 2. The molecule has 102 valence electrons. The Morgan fingerprint density at radius 1 is 1.42 bits per heavy atom. The van der Waals surface area contributed by atoms with Crippen molar-refractivity contribution >= 4 is 0 Å². The lowest BCUT2D eigenvalue weighted by molar-refractivity contribution is 0.651. The lowest BCUT2D eigenvalue weighted by Crippen LogP contribution is -2.13. The zero-order valence-corrected chi connectivity index (χ0v) is 11.6. The van der Waals surface area contributed by atoms with Crippen LogP contribution in [0.1, 0.15) is 48.3 Å². The van der Waals surface area contributed by atoms with Crippen LogP contribution < -0.4 is 5.32 Å². The van der Waals surface area contributed by atoms with Gasteiger partial charge in [0.05, 0.1) is 11.4 Å². The van der Waals surface area contributed by atoms with Crippen molar-refractivity contribution in [2.45, 2.75) is 52.2 Å². The predicted octanol–water partition coefficient (Wildman–Crippen LogP) is 2.10. The molecule has 1 aliphatic carbocycles. The van der Waals surface area contributed by atoms with Crippen LogP contribution in [0.25, 0.3) is 0 Å². The van der Waals surface area contributed by atoms with Crippen LogP contribution in [-0.2, 0) is 19.6 Å². The van der Waals surface area contributed by atoms with Crippen molar-refractivity contribution in [3.63, 3.8) is 0 Å². The van der Waals surface area contributed by atoms with Crippen LogP contribution in [0.4, 0.5) is 0 Å². The molecule has 0 atom stereocenters. The molecule has 0 amide bonds. The van der Waals surface area contributed by atoms with Gasteiger partial charge in [-0.2, -0.15) is 10.2 Å². The second kappa shape index (κ2) is 5.17. The summed E-state index contributed by atoms with van der Waals surface area (Å²) >= 11 is 0.